The van der Waals surface area contributed by atoms with Crippen LogP contribution in [0.5, 0.6) is 0 Å². The average molecular weight is 283 g/mol. The van der Waals surface area contributed by atoms with Gasteiger partial charge in [0.25, 0.3) is 0 Å². The fraction of sp³-hybridized carbons (Fsp3) is 0.800. The van der Waals surface area contributed by atoms with E-state index in [0.717, 1.165) is 24.2 Å². The minimum absolute atomic E-state index is 0.189. The monoisotopic (exact) mass is 283 g/mol. The Morgan fingerprint density at radius 3 is 2.70 bits per heavy atom. The Balaban J connectivity index is 2.30. The van der Waals surface area contributed by atoms with Crippen molar-refractivity contribution in [3.05, 3.63) is 11.9 Å². The summed E-state index contributed by atoms with van der Waals surface area (Å²) in [5, 5.41) is 17.5. The Morgan fingerprint density at radius 2 is 2.10 bits per heavy atom. The molecule has 0 saturated heterocycles. The number of rotatable bonds is 9. The third-order valence-electron chi connectivity index (χ3n) is 3.14. The maximum Gasteiger partial charge on any atom is 0.0945 e. The van der Waals surface area contributed by atoms with Crippen LogP contribution in [0.15, 0.2) is 6.20 Å². The molecule has 0 aliphatic rings. The number of aliphatic hydroxyl groups excluding tert-OH is 1. The second-order valence-corrected chi connectivity index (χ2v) is 5.82. The number of nitrogens with one attached hydrogen (secondary N) is 1. The molecule has 2 atom stereocenters. The molecule has 0 bridgehead atoms. The Hall–Kier alpha value is -1.07. The molecule has 5 nitrogen and oxygen atoms in total. The Bertz CT molecular complexity index is 390. The predicted molar refractivity (Wildman–Crippen MR) is 82.0 cm³/mol. The molecule has 1 aromatic rings. The zero-order chi connectivity index (χ0) is 15.1. The first-order chi connectivity index (χ1) is 9.42. The van der Waals surface area contributed by atoms with Crippen molar-refractivity contribution in [3.63, 3.8) is 0 Å². The highest BCUT2D eigenvalue weighted by molar-refractivity contribution is 5.46. The van der Waals surface area contributed by atoms with Gasteiger partial charge in [-0.15, -0.1) is 0 Å². The van der Waals surface area contributed by atoms with Crippen LogP contribution in [0.1, 0.15) is 39.8 Å². The molecule has 0 fully saturated rings. The topological polar surface area (TPSA) is 59.3 Å². The van der Waals surface area contributed by atoms with Crippen LogP contribution in [-0.2, 0) is 18.2 Å². The molecule has 1 aromatic heterocycles. The molecule has 1 heterocycles. The van der Waals surface area contributed by atoms with E-state index in [2.05, 4.69) is 38.1 Å². The van der Waals surface area contributed by atoms with Gasteiger partial charge >= 0.3 is 0 Å². The first kappa shape index (κ1) is 17.0. The lowest BCUT2D eigenvalue weighted by Gasteiger charge is -2.18. The van der Waals surface area contributed by atoms with Crippen LogP contribution in [-0.4, -0.2) is 40.2 Å². The fourth-order valence-electron chi connectivity index (χ4n) is 2.24. The average Bonchev–Trinajstić information content (AvgIpc) is 2.73. The molecule has 0 saturated carbocycles. The van der Waals surface area contributed by atoms with Crippen molar-refractivity contribution >= 4 is 5.69 Å². The highest BCUT2D eigenvalue weighted by atomic mass is 16.5. The third kappa shape index (κ3) is 5.92. The molecule has 0 radical (unpaired) electrons. The third-order valence-corrected chi connectivity index (χ3v) is 3.14. The first-order valence-electron chi connectivity index (χ1n) is 7.48. The summed E-state index contributed by atoms with van der Waals surface area (Å²) >= 11 is 0. The van der Waals surface area contributed by atoms with Gasteiger partial charge in [-0.3, -0.25) is 4.68 Å². The summed E-state index contributed by atoms with van der Waals surface area (Å²) < 4.78 is 7.44. The van der Waals surface area contributed by atoms with E-state index in [4.69, 9.17) is 4.74 Å². The number of aromatic nitrogens is 2. The highest BCUT2D eigenvalue weighted by Gasteiger charge is 2.11. The summed E-state index contributed by atoms with van der Waals surface area (Å²) in [4.78, 5) is 0. The summed E-state index contributed by atoms with van der Waals surface area (Å²) in [6.45, 7) is 9.31. The minimum atomic E-state index is -0.505. The SMILES string of the molecule is CCc1nn(C)cc1NCC(O)COC(C)CC(C)C. The maximum atomic E-state index is 9.95. The van der Waals surface area contributed by atoms with Gasteiger partial charge in [-0.1, -0.05) is 20.8 Å². The number of nitrogens with zero attached hydrogens (tertiary/aromatic N) is 2. The number of anilines is 1. The zero-order valence-corrected chi connectivity index (χ0v) is 13.4. The van der Waals surface area contributed by atoms with Crippen LogP contribution in [0.25, 0.3) is 0 Å². The van der Waals surface area contributed by atoms with E-state index in [-0.39, 0.29) is 6.10 Å². The highest BCUT2D eigenvalue weighted by Crippen LogP contribution is 2.13. The largest absolute Gasteiger partial charge is 0.389 e. The zero-order valence-electron chi connectivity index (χ0n) is 13.4. The number of aryl methyl sites for hydroxylation is 2. The molecule has 1 rings (SSSR count). The van der Waals surface area contributed by atoms with E-state index < -0.39 is 6.10 Å². The van der Waals surface area contributed by atoms with E-state index in [1.54, 1.807) is 4.68 Å². The molecule has 2 unspecified atom stereocenters. The van der Waals surface area contributed by atoms with Crippen LogP contribution in [0.3, 0.4) is 0 Å². The van der Waals surface area contributed by atoms with Gasteiger partial charge in [-0.25, -0.2) is 0 Å². The molecule has 0 amide bonds. The van der Waals surface area contributed by atoms with E-state index in [9.17, 15) is 5.11 Å². The lowest BCUT2D eigenvalue weighted by molar-refractivity contribution is -0.00444. The lowest BCUT2D eigenvalue weighted by atomic mass is 10.1. The van der Waals surface area contributed by atoms with Crippen LogP contribution < -0.4 is 5.32 Å². The molecule has 0 aliphatic heterocycles. The van der Waals surface area contributed by atoms with Crippen molar-refractivity contribution in [1.29, 1.82) is 0 Å². The maximum absolute atomic E-state index is 9.95. The molecule has 116 valence electrons. The quantitative estimate of drug-likeness (QED) is 0.729. The predicted octanol–water partition coefficient (Wildman–Crippen LogP) is 2.21. The van der Waals surface area contributed by atoms with E-state index in [1.807, 2.05) is 13.2 Å². The van der Waals surface area contributed by atoms with Gasteiger partial charge < -0.3 is 15.2 Å². The molecular formula is C15H29N3O2. The van der Waals surface area contributed by atoms with E-state index in [0.29, 0.717) is 19.1 Å². The van der Waals surface area contributed by atoms with Crippen LogP contribution >= 0.6 is 0 Å². The van der Waals surface area contributed by atoms with Crippen LogP contribution in [0, 0.1) is 5.92 Å². The second-order valence-electron chi connectivity index (χ2n) is 5.82. The Labute approximate surface area is 122 Å². The van der Waals surface area contributed by atoms with Crippen molar-refractivity contribution in [2.45, 2.75) is 52.7 Å². The van der Waals surface area contributed by atoms with Crippen molar-refractivity contribution in [2.75, 3.05) is 18.5 Å². The fourth-order valence-corrected chi connectivity index (χ4v) is 2.24. The van der Waals surface area contributed by atoms with Crippen molar-refractivity contribution in [3.8, 4) is 0 Å². The van der Waals surface area contributed by atoms with Gasteiger partial charge in [0, 0.05) is 19.8 Å². The molecule has 5 heteroatoms. The molecular weight excluding hydrogens is 254 g/mol. The van der Waals surface area contributed by atoms with Gasteiger partial charge in [0.15, 0.2) is 0 Å². The van der Waals surface area contributed by atoms with Gasteiger partial charge in [-0.05, 0) is 25.7 Å². The molecule has 0 spiro atoms. The molecule has 0 aliphatic carbocycles. The number of hydrogen-bond acceptors (Lipinski definition) is 4. The van der Waals surface area contributed by atoms with Crippen molar-refractivity contribution in [1.82, 2.24) is 9.78 Å². The summed E-state index contributed by atoms with van der Waals surface area (Å²) in [7, 11) is 1.90. The van der Waals surface area contributed by atoms with Gasteiger partial charge in [0.05, 0.1) is 30.2 Å². The van der Waals surface area contributed by atoms with Crippen LogP contribution in [0.4, 0.5) is 5.69 Å². The van der Waals surface area contributed by atoms with Crippen molar-refractivity contribution in [2.24, 2.45) is 13.0 Å². The number of hydrogen-bond donors (Lipinski definition) is 2. The Kier molecular flexibility index (Phi) is 7.02. The standard InChI is InChI=1S/C15H29N3O2/c1-6-14-15(9-18(5)17-14)16-8-13(19)10-20-12(4)7-11(2)3/h9,11-13,16,19H,6-8,10H2,1-5H3. The normalized spacial score (nSPS) is 14.6. The van der Waals surface area contributed by atoms with E-state index >= 15 is 0 Å². The Morgan fingerprint density at radius 1 is 1.40 bits per heavy atom. The van der Waals surface area contributed by atoms with Crippen LogP contribution in [0.2, 0.25) is 0 Å². The number of aliphatic hydroxyl groups is 1. The van der Waals surface area contributed by atoms with E-state index in [1.165, 1.54) is 0 Å². The molecule has 0 aromatic carbocycles. The van der Waals surface area contributed by atoms with Gasteiger partial charge in [-0.2, -0.15) is 5.10 Å². The number of ether oxygens (including phenoxy) is 1. The molecule has 20 heavy (non-hydrogen) atoms. The summed E-state index contributed by atoms with van der Waals surface area (Å²) in [5.74, 6) is 0.614. The second kappa shape index (κ2) is 8.27. The summed E-state index contributed by atoms with van der Waals surface area (Å²) in [6.07, 6.45) is 3.52. The lowest BCUT2D eigenvalue weighted by Crippen LogP contribution is -2.27. The van der Waals surface area contributed by atoms with Crippen molar-refractivity contribution < 1.29 is 9.84 Å². The minimum Gasteiger partial charge on any atom is -0.389 e. The smallest absolute Gasteiger partial charge is 0.0945 e. The van der Waals surface area contributed by atoms with Gasteiger partial charge in [0.2, 0.25) is 0 Å². The van der Waals surface area contributed by atoms with Gasteiger partial charge in [0.1, 0.15) is 0 Å². The summed E-state index contributed by atoms with van der Waals surface area (Å²) in [5.41, 5.74) is 2.01. The molecule has 2 N–H and O–H groups in total. The first-order valence-corrected chi connectivity index (χ1v) is 7.48. The summed E-state index contributed by atoms with van der Waals surface area (Å²) in [6, 6.07) is 0.